The van der Waals surface area contributed by atoms with Crippen LogP contribution in [0.5, 0.6) is 0 Å². The van der Waals surface area contributed by atoms with Crippen molar-refractivity contribution >= 4 is 33.3 Å². The Labute approximate surface area is 160 Å². The number of aryl methyl sites for hydroxylation is 1. The minimum Gasteiger partial charge on any atom is -0.322 e. The van der Waals surface area contributed by atoms with Gasteiger partial charge in [-0.05, 0) is 25.0 Å². The molecule has 1 saturated carbocycles. The van der Waals surface area contributed by atoms with Crippen molar-refractivity contribution < 1.29 is 9.59 Å². The van der Waals surface area contributed by atoms with Crippen LogP contribution in [-0.2, 0) is 11.8 Å². The molecule has 7 heteroatoms. The molecular weight excluding hydrogens is 396 g/mol. The van der Waals surface area contributed by atoms with E-state index in [9.17, 15) is 14.9 Å². The van der Waals surface area contributed by atoms with E-state index in [1.54, 1.807) is 19.2 Å². The number of nitrogens with zero attached hydrogens (tertiary/aromatic N) is 3. The van der Waals surface area contributed by atoms with Crippen molar-refractivity contribution in [2.45, 2.75) is 25.7 Å². The van der Waals surface area contributed by atoms with Gasteiger partial charge in [0, 0.05) is 28.9 Å². The molecule has 6 nitrogen and oxygen atoms in total. The Balaban J connectivity index is 1.80. The Bertz CT molecular complexity index is 867. The van der Waals surface area contributed by atoms with Crippen LogP contribution in [0.3, 0.4) is 0 Å². The Morgan fingerprint density at radius 2 is 1.88 bits per heavy atom. The van der Waals surface area contributed by atoms with Crippen molar-refractivity contribution in [3.63, 3.8) is 0 Å². The molecule has 3 rings (SSSR count). The number of carbonyl (C=O) groups excluding carboxylic acids is 2. The lowest BCUT2D eigenvalue weighted by atomic mass is 9.75. The maximum atomic E-state index is 12.9. The minimum atomic E-state index is -0.397. The third-order valence-corrected chi connectivity index (χ3v) is 5.40. The maximum absolute atomic E-state index is 12.9. The minimum absolute atomic E-state index is 0.00374. The topological polar surface area (TPSA) is 87.8 Å². The highest BCUT2D eigenvalue weighted by atomic mass is 79.9. The molecule has 0 saturated heterocycles. The molecular formula is C19H19BrN4O2. The molecule has 1 N–H and O–H groups in total. The number of nitrogens with one attached hydrogen (secondary N) is 1. The number of anilines is 1. The van der Waals surface area contributed by atoms with Crippen LogP contribution >= 0.6 is 15.9 Å². The number of hydrogen-bond acceptors (Lipinski definition) is 4. The number of amides is 1. The van der Waals surface area contributed by atoms with Gasteiger partial charge in [-0.25, -0.2) is 0 Å². The Morgan fingerprint density at radius 1 is 1.23 bits per heavy atom. The Morgan fingerprint density at radius 3 is 2.54 bits per heavy atom. The largest absolute Gasteiger partial charge is 0.322 e. The zero-order valence-electron chi connectivity index (χ0n) is 14.4. The Hall–Kier alpha value is -2.46. The van der Waals surface area contributed by atoms with Crippen LogP contribution in [0.1, 0.15) is 41.7 Å². The van der Waals surface area contributed by atoms with Gasteiger partial charge in [0.25, 0.3) is 0 Å². The molecule has 1 fully saturated rings. The first kappa shape index (κ1) is 18.3. The highest BCUT2D eigenvalue weighted by Crippen LogP contribution is 2.34. The lowest BCUT2D eigenvalue weighted by Gasteiger charge is -2.29. The van der Waals surface area contributed by atoms with Crippen molar-refractivity contribution in [3.05, 3.63) is 46.2 Å². The van der Waals surface area contributed by atoms with E-state index in [1.165, 1.54) is 10.9 Å². The number of hydrogen-bond donors (Lipinski definition) is 1. The second kappa shape index (κ2) is 7.83. The molecule has 26 heavy (non-hydrogen) atoms. The van der Waals surface area contributed by atoms with E-state index in [0.29, 0.717) is 29.8 Å². The number of aromatic nitrogens is 2. The normalized spacial score (nSPS) is 19.6. The molecule has 0 spiro atoms. The molecule has 1 heterocycles. The van der Waals surface area contributed by atoms with E-state index in [2.05, 4.69) is 26.3 Å². The van der Waals surface area contributed by atoms with Crippen molar-refractivity contribution in [2.75, 3.05) is 5.32 Å². The van der Waals surface area contributed by atoms with E-state index < -0.39 is 5.92 Å². The lowest BCUT2D eigenvalue weighted by Crippen LogP contribution is -2.36. The summed E-state index contributed by atoms with van der Waals surface area (Å²) >= 11 is 3.37. The fraction of sp³-hybridized carbons (Fsp3) is 0.368. The van der Waals surface area contributed by atoms with Gasteiger partial charge in [0.2, 0.25) is 5.91 Å². The summed E-state index contributed by atoms with van der Waals surface area (Å²) in [6, 6.07) is 9.26. The van der Waals surface area contributed by atoms with Crippen molar-refractivity contribution in [1.29, 1.82) is 5.26 Å². The number of Topliss-reactive ketones (excluding diaryl/α,β-unsaturated/α-hetero) is 1. The summed E-state index contributed by atoms with van der Waals surface area (Å²) in [5.74, 6) is -0.951. The highest BCUT2D eigenvalue weighted by molar-refractivity contribution is 9.10. The first-order valence-corrected chi connectivity index (χ1v) is 9.33. The van der Waals surface area contributed by atoms with Crippen LogP contribution in [0.25, 0.3) is 0 Å². The van der Waals surface area contributed by atoms with E-state index >= 15 is 0 Å². The van der Waals surface area contributed by atoms with E-state index in [4.69, 9.17) is 0 Å². The highest BCUT2D eigenvalue weighted by Gasteiger charge is 2.36. The molecule has 1 aromatic heterocycles. The molecule has 1 amide bonds. The van der Waals surface area contributed by atoms with Gasteiger partial charge in [-0.1, -0.05) is 40.9 Å². The van der Waals surface area contributed by atoms with Gasteiger partial charge in [-0.2, -0.15) is 10.4 Å². The van der Waals surface area contributed by atoms with Crippen molar-refractivity contribution in [2.24, 2.45) is 18.9 Å². The number of ketones is 1. The molecule has 1 aliphatic carbocycles. The molecule has 0 bridgehead atoms. The summed E-state index contributed by atoms with van der Waals surface area (Å²) in [6.07, 6.45) is 4.68. The lowest BCUT2D eigenvalue weighted by molar-refractivity contribution is -0.122. The second-order valence-corrected chi connectivity index (χ2v) is 7.42. The van der Waals surface area contributed by atoms with Crippen LogP contribution in [0.15, 0.2) is 34.9 Å². The number of nitriles is 1. The number of benzene rings is 1. The van der Waals surface area contributed by atoms with Crippen LogP contribution in [0.2, 0.25) is 0 Å². The van der Waals surface area contributed by atoms with Gasteiger partial charge >= 0.3 is 0 Å². The number of carbonyl (C=O) groups is 2. The molecule has 2 aromatic rings. The van der Waals surface area contributed by atoms with Gasteiger partial charge in [0.15, 0.2) is 11.5 Å². The van der Waals surface area contributed by atoms with Crippen LogP contribution in [0.4, 0.5) is 5.69 Å². The zero-order valence-corrected chi connectivity index (χ0v) is 16.0. The predicted molar refractivity (Wildman–Crippen MR) is 100 cm³/mol. The number of halogens is 1. The summed E-state index contributed by atoms with van der Waals surface area (Å²) in [6.45, 7) is 0. The maximum Gasteiger partial charge on any atom is 0.228 e. The fourth-order valence-electron chi connectivity index (χ4n) is 3.47. The first-order chi connectivity index (χ1) is 12.5. The summed E-state index contributed by atoms with van der Waals surface area (Å²) in [5.41, 5.74) is 1.31. The Kier molecular flexibility index (Phi) is 5.52. The molecule has 1 aliphatic rings. The molecule has 0 aliphatic heterocycles. The molecule has 0 radical (unpaired) electrons. The third-order valence-electron chi connectivity index (χ3n) is 4.87. The summed E-state index contributed by atoms with van der Waals surface area (Å²) in [5, 5.41) is 16.0. The van der Waals surface area contributed by atoms with E-state index in [-0.39, 0.29) is 17.6 Å². The SMILES string of the molecule is Cn1ncc(NC(=O)[C@H]2CCCC[C@@H]2C(=O)c2ccc(Br)cc2)c1C#N. The molecule has 2 atom stereocenters. The second-order valence-electron chi connectivity index (χ2n) is 6.50. The quantitative estimate of drug-likeness (QED) is 0.772. The van der Waals surface area contributed by atoms with Crippen LogP contribution in [0, 0.1) is 23.2 Å². The smallest absolute Gasteiger partial charge is 0.228 e. The molecule has 0 unspecified atom stereocenters. The van der Waals surface area contributed by atoms with Crippen molar-refractivity contribution in [3.8, 4) is 6.07 Å². The van der Waals surface area contributed by atoms with Gasteiger partial charge in [0.05, 0.1) is 11.9 Å². The first-order valence-electron chi connectivity index (χ1n) is 8.54. The average Bonchev–Trinajstić information content (AvgIpc) is 3.01. The van der Waals surface area contributed by atoms with E-state index in [1.807, 2.05) is 18.2 Å². The van der Waals surface area contributed by atoms with Crippen LogP contribution in [-0.4, -0.2) is 21.5 Å². The fourth-order valence-corrected chi connectivity index (χ4v) is 3.74. The van der Waals surface area contributed by atoms with E-state index in [0.717, 1.165) is 17.3 Å². The van der Waals surface area contributed by atoms with Gasteiger partial charge in [-0.15, -0.1) is 0 Å². The number of rotatable bonds is 4. The third kappa shape index (κ3) is 3.70. The summed E-state index contributed by atoms with van der Waals surface area (Å²) in [7, 11) is 1.65. The molecule has 1 aromatic carbocycles. The zero-order chi connectivity index (χ0) is 18.7. The van der Waals surface area contributed by atoms with Gasteiger partial charge in [0.1, 0.15) is 6.07 Å². The predicted octanol–water partition coefficient (Wildman–Crippen LogP) is 3.68. The van der Waals surface area contributed by atoms with Gasteiger partial charge in [-0.3, -0.25) is 14.3 Å². The molecule has 134 valence electrons. The van der Waals surface area contributed by atoms with Crippen LogP contribution < -0.4 is 5.32 Å². The van der Waals surface area contributed by atoms with Gasteiger partial charge < -0.3 is 5.32 Å². The standard InChI is InChI=1S/C19H19BrN4O2/c1-24-17(10-21)16(11-22-24)23-19(26)15-5-3-2-4-14(15)18(25)12-6-8-13(20)9-7-12/h6-9,11,14-15H,2-5H2,1H3,(H,23,26)/t14-,15-/m0/s1. The summed E-state index contributed by atoms with van der Waals surface area (Å²) < 4.78 is 2.33. The monoisotopic (exact) mass is 414 g/mol. The van der Waals surface area contributed by atoms with Crippen molar-refractivity contribution in [1.82, 2.24) is 9.78 Å². The summed E-state index contributed by atoms with van der Waals surface area (Å²) in [4.78, 5) is 25.8. The average molecular weight is 415 g/mol.